The standard InChI is InChI=1S/C24H22O8S2/c1-33(27,28)31-23-13-11-19(15-21(23)25)9-7-17-3-5-18(6-4-17)8-10-20-12-14-24(22(26)16-20)32-34(2,29)30/h3-16,25-26H,1-2H3. The third-order valence-electron chi connectivity index (χ3n) is 4.32. The van der Waals surface area contributed by atoms with Crippen LogP contribution in [-0.4, -0.2) is 39.6 Å². The predicted octanol–water partition coefficient (Wildman–Crippen LogP) is 4.12. The zero-order valence-corrected chi connectivity index (χ0v) is 19.9. The molecule has 0 saturated heterocycles. The molecule has 0 spiro atoms. The van der Waals surface area contributed by atoms with E-state index in [1.165, 1.54) is 24.3 Å². The smallest absolute Gasteiger partial charge is 0.306 e. The molecule has 0 aliphatic carbocycles. The van der Waals surface area contributed by atoms with Gasteiger partial charge < -0.3 is 18.6 Å². The van der Waals surface area contributed by atoms with Crippen LogP contribution in [0, 0.1) is 0 Å². The summed E-state index contributed by atoms with van der Waals surface area (Å²) in [6, 6.07) is 16.3. The number of rotatable bonds is 8. The number of phenols is 2. The summed E-state index contributed by atoms with van der Waals surface area (Å²) in [4.78, 5) is 0. The van der Waals surface area contributed by atoms with E-state index in [0.29, 0.717) is 11.1 Å². The van der Waals surface area contributed by atoms with Crippen molar-refractivity contribution in [2.75, 3.05) is 12.5 Å². The maximum Gasteiger partial charge on any atom is 0.306 e. The number of phenolic OH excluding ortho intramolecular Hbond substituents is 2. The molecule has 0 atom stereocenters. The van der Waals surface area contributed by atoms with Gasteiger partial charge in [-0.3, -0.25) is 0 Å². The quantitative estimate of drug-likeness (QED) is 0.348. The Bertz CT molecular complexity index is 1340. The van der Waals surface area contributed by atoms with Crippen molar-refractivity contribution in [2.24, 2.45) is 0 Å². The highest BCUT2D eigenvalue weighted by Gasteiger charge is 2.10. The van der Waals surface area contributed by atoms with Gasteiger partial charge in [-0.1, -0.05) is 60.7 Å². The third-order valence-corrected chi connectivity index (χ3v) is 5.29. The van der Waals surface area contributed by atoms with E-state index < -0.39 is 20.2 Å². The molecule has 0 bridgehead atoms. The molecule has 2 N–H and O–H groups in total. The number of hydrogen-bond donors (Lipinski definition) is 2. The lowest BCUT2D eigenvalue weighted by Gasteiger charge is -2.06. The minimum Gasteiger partial charge on any atom is -0.504 e. The summed E-state index contributed by atoms with van der Waals surface area (Å²) in [5.41, 5.74) is 3.11. The van der Waals surface area contributed by atoms with Crippen LogP contribution in [-0.2, 0) is 20.2 Å². The molecule has 0 fully saturated rings. The Balaban J connectivity index is 1.66. The van der Waals surface area contributed by atoms with Crippen LogP contribution in [0.2, 0.25) is 0 Å². The average Bonchev–Trinajstić information content (AvgIpc) is 2.73. The molecule has 0 radical (unpaired) electrons. The first-order chi connectivity index (χ1) is 15.9. The maximum atomic E-state index is 11.2. The van der Waals surface area contributed by atoms with E-state index in [0.717, 1.165) is 23.6 Å². The van der Waals surface area contributed by atoms with Crippen LogP contribution in [0.1, 0.15) is 22.3 Å². The second kappa shape index (κ2) is 10.0. The lowest BCUT2D eigenvalue weighted by molar-refractivity contribution is 0.430. The first kappa shape index (κ1) is 24.9. The summed E-state index contributed by atoms with van der Waals surface area (Å²) in [6.45, 7) is 0. The fraction of sp³-hybridized carbons (Fsp3) is 0.0833. The third kappa shape index (κ3) is 7.68. The van der Waals surface area contributed by atoms with Crippen LogP contribution >= 0.6 is 0 Å². The lowest BCUT2D eigenvalue weighted by atomic mass is 10.1. The monoisotopic (exact) mass is 502 g/mol. The Kier molecular flexibility index (Phi) is 7.33. The Morgan fingerprint density at radius 1 is 0.559 bits per heavy atom. The molecule has 0 aliphatic rings. The SMILES string of the molecule is CS(=O)(=O)Oc1ccc(C=Cc2ccc(C=Cc3ccc(OS(C)(=O)=O)c(O)c3)cc2)cc1O. The summed E-state index contributed by atoms with van der Waals surface area (Å²) in [7, 11) is -7.46. The molecule has 3 aromatic carbocycles. The first-order valence-electron chi connectivity index (χ1n) is 9.79. The average molecular weight is 503 g/mol. The van der Waals surface area contributed by atoms with E-state index in [9.17, 15) is 27.0 Å². The van der Waals surface area contributed by atoms with Crippen LogP contribution in [0.5, 0.6) is 23.0 Å². The molecule has 0 unspecified atom stereocenters. The van der Waals surface area contributed by atoms with Crippen LogP contribution in [0.25, 0.3) is 24.3 Å². The van der Waals surface area contributed by atoms with Gasteiger partial charge in [0, 0.05) is 0 Å². The lowest BCUT2D eigenvalue weighted by Crippen LogP contribution is -2.05. The van der Waals surface area contributed by atoms with Crippen LogP contribution in [0.15, 0.2) is 60.7 Å². The zero-order valence-electron chi connectivity index (χ0n) is 18.2. The van der Waals surface area contributed by atoms with Crippen molar-refractivity contribution in [1.29, 1.82) is 0 Å². The highest BCUT2D eigenvalue weighted by Crippen LogP contribution is 2.29. The minimum atomic E-state index is -3.73. The van der Waals surface area contributed by atoms with Crippen molar-refractivity contribution >= 4 is 44.5 Å². The molecule has 0 aliphatic heterocycles. The molecule has 0 heterocycles. The second-order valence-corrected chi connectivity index (χ2v) is 10.5. The van der Waals surface area contributed by atoms with E-state index in [1.807, 2.05) is 36.4 Å². The summed E-state index contributed by atoms with van der Waals surface area (Å²) in [5, 5.41) is 19.9. The molecular weight excluding hydrogens is 480 g/mol. The van der Waals surface area contributed by atoms with Crippen molar-refractivity contribution < 1.29 is 35.4 Å². The molecular formula is C24H22O8S2. The van der Waals surface area contributed by atoms with E-state index in [-0.39, 0.29) is 23.0 Å². The van der Waals surface area contributed by atoms with Crippen LogP contribution in [0.4, 0.5) is 0 Å². The van der Waals surface area contributed by atoms with Gasteiger partial charge in [0.05, 0.1) is 12.5 Å². The number of hydrogen-bond acceptors (Lipinski definition) is 8. The fourth-order valence-corrected chi connectivity index (χ4v) is 3.78. The summed E-state index contributed by atoms with van der Waals surface area (Å²) >= 11 is 0. The van der Waals surface area contributed by atoms with E-state index in [1.54, 1.807) is 24.3 Å². The molecule has 3 aromatic rings. The van der Waals surface area contributed by atoms with Crippen molar-refractivity contribution in [3.05, 3.63) is 82.9 Å². The fourth-order valence-electron chi connectivity index (χ4n) is 2.85. The van der Waals surface area contributed by atoms with Gasteiger partial charge in [0.1, 0.15) is 0 Å². The second-order valence-electron chi connectivity index (χ2n) is 7.36. The summed E-state index contributed by atoms with van der Waals surface area (Å²) in [5.74, 6) is -0.839. The van der Waals surface area contributed by atoms with Gasteiger partial charge in [-0.05, 0) is 46.5 Å². The van der Waals surface area contributed by atoms with Crippen LogP contribution in [0.3, 0.4) is 0 Å². The molecule has 8 nitrogen and oxygen atoms in total. The molecule has 0 aromatic heterocycles. The highest BCUT2D eigenvalue weighted by molar-refractivity contribution is 7.86. The Hall–Kier alpha value is -3.76. The van der Waals surface area contributed by atoms with Gasteiger partial charge in [-0.2, -0.15) is 16.8 Å². The summed E-state index contributed by atoms with van der Waals surface area (Å²) in [6.07, 6.45) is 8.98. The number of benzene rings is 3. The molecule has 34 heavy (non-hydrogen) atoms. The van der Waals surface area contributed by atoms with Crippen molar-refractivity contribution in [3.63, 3.8) is 0 Å². The van der Waals surface area contributed by atoms with Crippen molar-refractivity contribution in [1.82, 2.24) is 0 Å². The summed E-state index contributed by atoms with van der Waals surface area (Å²) < 4.78 is 54.1. The van der Waals surface area contributed by atoms with Gasteiger partial charge in [0.2, 0.25) is 0 Å². The van der Waals surface area contributed by atoms with E-state index in [2.05, 4.69) is 0 Å². The number of aromatic hydroxyl groups is 2. The first-order valence-corrected chi connectivity index (χ1v) is 13.4. The van der Waals surface area contributed by atoms with Gasteiger partial charge >= 0.3 is 20.2 Å². The molecule has 0 amide bonds. The molecule has 0 saturated carbocycles. The normalized spacial score (nSPS) is 12.3. The Labute approximate surface area is 198 Å². The topological polar surface area (TPSA) is 127 Å². The Morgan fingerprint density at radius 3 is 1.15 bits per heavy atom. The van der Waals surface area contributed by atoms with Gasteiger partial charge in [-0.15, -0.1) is 0 Å². The van der Waals surface area contributed by atoms with Crippen molar-refractivity contribution in [2.45, 2.75) is 0 Å². The van der Waals surface area contributed by atoms with Crippen molar-refractivity contribution in [3.8, 4) is 23.0 Å². The van der Waals surface area contributed by atoms with Crippen LogP contribution < -0.4 is 8.37 Å². The van der Waals surface area contributed by atoms with E-state index >= 15 is 0 Å². The molecule has 178 valence electrons. The van der Waals surface area contributed by atoms with Gasteiger partial charge in [0.25, 0.3) is 0 Å². The molecule has 10 heteroatoms. The Morgan fingerprint density at radius 2 is 0.853 bits per heavy atom. The van der Waals surface area contributed by atoms with E-state index in [4.69, 9.17) is 8.37 Å². The van der Waals surface area contributed by atoms with Gasteiger partial charge in [-0.25, -0.2) is 0 Å². The van der Waals surface area contributed by atoms with Gasteiger partial charge in [0.15, 0.2) is 23.0 Å². The highest BCUT2D eigenvalue weighted by atomic mass is 32.2. The molecule has 3 rings (SSSR count). The predicted molar refractivity (Wildman–Crippen MR) is 131 cm³/mol. The largest absolute Gasteiger partial charge is 0.504 e. The minimum absolute atomic E-state index is 0.137. The zero-order chi connectivity index (χ0) is 24.9. The maximum absolute atomic E-state index is 11.2.